The van der Waals surface area contributed by atoms with Crippen molar-refractivity contribution in [3.63, 3.8) is 0 Å². The van der Waals surface area contributed by atoms with Crippen molar-refractivity contribution in [2.75, 3.05) is 0 Å². The van der Waals surface area contributed by atoms with Gasteiger partial charge in [-0.3, -0.25) is 0 Å². The fourth-order valence-electron chi connectivity index (χ4n) is 2.50. The molecule has 0 amide bonds. The Morgan fingerprint density at radius 1 is 0.750 bits per heavy atom. The third-order valence-electron chi connectivity index (χ3n) is 3.86. The van der Waals surface area contributed by atoms with E-state index in [1.807, 2.05) is 78.9 Å². The first-order valence-electron chi connectivity index (χ1n) is 7.90. The lowest BCUT2D eigenvalue weighted by atomic mass is 10.1. The third kappa shape index (κ3) is 3.66. The van der Waals surface area contributed by atoms with Crippen LogP contribution >= 0.6 is 7.14 Å². The summed E-state index contributed by atoms with van der Waals surface area (Å²) in [5.41, 5.74) is 5.41. The minimum absolute atomic E-state index is 0.820. The van der Waals surface area contributed by atoms with E-state index in [0.717, 1.165) is 16.2 Å². The van der Waals surface area contributed by atoms with Gasteiger partial charge < -0.3 is 4.57 Å². The molecule has 0 spiro atoms. The van der Waals surface area contributed by atoms with Crippen LogP contribution < -0.4 is 10.6 Å². The van der Waals surface area contributed by atoms with Crippen LogP contribution in [-0.4, -0.2) is 0 Å². The van der Waals surface area contributed by atoms with E-state index in [-0.39, 0.29) is 0 Å². The molecule has 3 aromatic carbocycles. The van der Waals surface area contributed by atoms with Crippen LogP contribution in [-0.2, 0) is 4.57 Å². The molecule has 0 N–H and O–H groups in total. The molecule has 0 bridgehead atoms. The molecule has 3 aromatic rings. The van der Waals surface area contributed by atoms with Gasteiger partial charge >= 0.3 is 0 Å². The van der Waals surface area contributed by atoms with Gasteiger partial charge in [-0.05, 0) is 18.6 Å². The Morgan fingerprint density at radius 3 is 1.75 bits per heavy atom. The van der Waals surface area contributed by atoms with Gasteiger partial charge in [0.25, 0.3) is 0 Å². The Morgan fingerprint density at radius 2 is 1.25 bits per heavy atom. The fraction of sp³-hybridized carbons (Fsp3) is 0.0455. The molecule has 0 saturated carbocycles. The zero-order chi connectivity index (χ0) is 16.8. The standard InChI is InChI=1S/C22H19OP/c1-19-14-16-20(17-15-19)9-8-18-24(23,21-10-4-2-5-11-21)22-12-6-3-7-13-22/h2-7,9-18H,1H3. The molecule has 0 radical (unpaired) electrons. The summed E-state index contributed by atoms with van der Waals surface area (Å²) in [6.07, 6.45) is 1.87. The minimum atomic E-state index is -2.84. The summed E-state index contributed by atoms with van der Waals surface area (Å²) >= 11 is 0. The molecule has 0 atom stereocenters. The summed E-state index contributed by atoms with van der Waals surface area (Å²) in [5, 5.41) is 1.64. The van der Waals surface area contributed by atoms with Gasteiger partial charge in [0.05, 0.1) is 0 Å². The Labute approximate surface area is 143 Å². The van der Waals surface area contributed by atoms with E-state index < -0.39 is 7.14 Å². The number of benzene rings is 3. The highest BCUT2D eigenvalue weighted by Crippen LogP contribution is 2.44. The number of rotatable bonds is 4. The molecule has 1 nitrogen and oxygen atoms in total. The van der Waals surface area contributed by atoms with Crippen molar-refractivity contribution in [2.24, 2.45) is 0 Å². The van der Waals surface area contributed by atoms with Crippen LogP contribution in [0.1, 0.15) is 11.1 Å². The molecular weight excluding hydrogens is 311 g/mol. The largest absolute Gasteiger partial charge is 0.309 e. The van der Waals surface area contributed by atoms with Gasteiger partial charge in [0, 0.05) is 16.4 Å². The van der Waals surface area contributed by atoms with Crippen molar-refractivity contribution in [1.29, 1.82) is 0 Å². The monoisotopic (exact) mass is 330 g/mol. The van der Waals surface area contributed by atoms with E-state index >= 15 is 0 Å². The van der Waals surface area contributed by atoms with E-state index in [9.17, 15) is 4.57 Å². The molecule has 0 aliphatic carbocycles. The highest BCUT2D eigenvalue weighted by atomic mass is 31.2. The Hall–Kier alpha value is -2.59. The predicted octanol–water partition coefficient (Wildman–Crippen LogP) is 5.13. The van der Waals surface area contributed by atoms with Crippen LogP contribution in [0, 0.1) is 6.92 Å². The van der Waals surface area contributed by atoms with Gasteiger partial charge in [-0.1, -0.05) is 90.5 Å². The van der Waals surface area contributed by atoms with E-state index in [1.165, 1.54) is 5.56 Å². The summed E-state index contributed by atoms with van der Waals surface area (Å²) in [6, 6.07) is 27.4. The molecular formula is C22H19OP. The van der Waals surface area contributed by atoms with Crippen LogP contribution in [0.25, 0.3) is 6.08 Å². The second kappa shape index (κ2) is 7.32. The molecule has 0 fully saturated rings. The lowest BCUT2D eigenvalue weighted by Gasteiger charge is -2.14. The molecule has 24 heavy (non-hydrogen) atoms. The molecule has 0 aromatic heterocycles. The molecule has 0 saturated heterocycles. The molecule has 0 unspecified atom stereocenters. The summed E-state index contributed by atoms with van der Waals surface area (Å²) < 4.78 is 13.7. The summed E-state index contributed by atoms with van der Waals surface area (Å²) in [4.78, 5) is 0. The van der Waals surface area contributed by atoms with Gasteiger partial charge in [-0.15, -0.1) is 5.73 Å². The molecule has 0 heterocycles. The van der Waals surface area contributed by atoms with Crippen molar-refractivity contribution >= 4 is 23.8 Å². The first-order valence-corrected chi connectivity index (χ1v) is 9.67. The van der Waals surface area contributed by atoms with Gasteiger partial charge in [-0.25, -0.2) is 0 Å². The molecule has 0 aliphatic rings. The number of hydrogen-bond acceptors (Lipinski definition) is 1. The maximum absolute atomic E-state index is 13.7. The lowest BCUT2D eigenvalue weighted by Crippen LogP contribution is -2.13. The van der Waals surface area contributed by atoms with Crippen LogP contribution in [0.3, 0.4) is 0 Å². The fourth-order valence-corrected chi connectivity index (χ4v) is 4.61. The first kappa shape index (κ1) is 16.3. The first-order chi connectivity index (χ1) is 11.7. The number of aryl methyl sites for hydroxylation is 1. The summed E-state index contributed by atoms with van der Waals surface area (Å²) in [6.45, 7) is 2.06. The van der Waals surface area contributed by atoms with Crippen LogP contribution in [0.2, 0.25) is 0 Å². The van der Waals surface area contributed by atoms with E-state index in [1.54, 1.807) is 5.82 Å². The molecule has 3 rings (SSSR count). The summed E-state index contributed by atoms with van der Waals surface area (Å²) in [7, 11) is -2.84. The molecule has 0 aliphatic heterocycles. The normalized spacial score (nSPS) is 10.7. The molecule has 2 heteroatoms. The van der Waals surface area contributed by atoms with Gasteiger partial charge in [0.1, 0.15) is 0 Å². The van der Waals surface area contributed by atoms with E-state index in [4.69, 9.17) is 0 Å². The quantitative estimate of drug-likeness (QED) is 0.478. The van der Waals surface area contributed by atoms with Gasteiger partial charge in [0.15, 0.2) is 7.14 Å². The summed E-state index contributed by atoms with van der Waals surface area (Å²) in [5.74, 6) is 1.72. The SMILES string of the molecule is Cc1ccc(C=C=CP(=O)(c2ccccc2)c2ccccc2)cc1. The van der Waals surface area contributed by atoms with Gasteiger partial charge in [0.2, 0.25) is 0 Å². The lowest BCUT2D eigenvalue weighted by molar-refractivity contribution is 0.592. The minimum Gasteiger partial charge on any atom is -0.309 e. The Kier molecular flexibility index (Phi) is 4.96. The smallest absolute Gasteiger partial charge is 0.171 e. The maximum Gasteiger partial charge on any atom is 0.171 e. The second-order valence-electron chi connectivity index (χ2n) is 5.68. The van der Waals surface area contributed by atoms with Crippen molar-refractivity contribution < 1.29 is 4.57 Å². The van der Waals surface area contributed by atoms with Crippen molar-refractivity contribution in [2.45, 2.75) is 6.92 Å². The van der Waals surface area contributed by atoms with Crippen molar-refractivity contribution in [1.82, 2.24) is 0 Å². The topological polar surface area (TPSA) is 17.1 Å². The zero-order valence-electron chi connectivity index (χ0n) is 13.6. The Balaban J connectivity index is 2.04. The van der Waals surface area contributed by atoms with E-state index in [0.29, 0.717) is 0 Å². The second-order valence-corrected chi connectivity index (χ2v) is 8.29. The maximum atomic E-state index is 13.7. The average molecular weight is 330 g/mol. The molecule has 118 valence electrons. The average Bonchev–Trinajstić information content (AvgIpc) is 2.65. The van der Waals surface area contributed by atoms with Crippen LogP contribution in [0.15, 0.2) is 96.5 Å². The van der Waals surface area contributed by atoms with Gasteiger partial charge in [-0.2, -0.15) is 0 Å². The Bertz CT molecular complexity index is 860. The highest BCUT2D eigenvalue weighted by Gasteiger charge is 2.23. The predicted molar refractivity (Wildman–Crippen MR) is 103 cm³/mol. The number of hydrogen-bond donors (Lipinski definition) is 0. The van der Waals surface area contributed by atoms with Crippen LogP contribution in [0.5, 0.6) is 0 Å². The zero-order valence-corrected chi connectivity index (χ0v) is 14.5. The van der Waals surface area contributed by atoms with Crippen LogP contribution in [0.4, 0.5) is 0 Å². The van der Waals surface area contributed by atoms with Crippen molar-refractivity contribution in [3.8, 4) is 0 Å². The third-order valence-corrected chi connectivity index (χ3v) is 6.51. The van der Waals surface area contributed by atoms with E-state index in [2.05, 4.69) is 24.8 Å². The van der Waals surface area contributed by atoms with Crippen molar-refractivity contribution in [3.05, 3.63) is 108 Å². The highest BCUT2D eigenvalue weighted by molar-refractivity contribution is 7.81.